The van der Waals surface area contributed by atoms with Crippen LogP contribution < -0.4 is 5.32 Å². The molecule has 1 aromatic carbocycles. The molecule has 118 valence electrons. The Morgan fingerprint density at radius 3 is 2.64 bits per heavy atom. The summed E-state index contributed by atoms with van der Waals surface area (Å²) in [6.07, 6.45) is 3.34. The van der Waals surface area contributed by atoms with Crippen LogP contribution in [0.1, 0.15) is 22.9 Å². The van der Waals surface area contributed by atoms with Gasteiger partial charge in [-0.25, -0.2) is 0 Å². The van der Waals surface area contributed by atoms with Gasteiger partial charge in [0.25, 0.3) is 0 Å². The minimum absolute atomic E-state index is 0.368. The number of benzene rings is 1. The molecule has 1 N–H and O–H groups in total. The van der Waals surface area contributed by atoms with E-state index in [4.69, 9.17) is 0 Å². The maximum absolute atomic E-state index is 3.62. The van der Waals surface area contributed by atoms with E-state index in [1.807, 2.05) is 11.3 Å². The fourth-order valence-electron chi connectivity index (χ4n) is 2.94. The third-order valence-corrected chi connectivity index (χ3v) is 6.45. The molecule has 0 radical (unpaired) electrons. The Bertz CT molecular complexity index is 589. The second kappa shape index (κ2) is 7.97. The third kappa shape index (κ3) is 3.95. The Kier molecular flexibility index (Phi) is 5.99. The monoisotopic (exact) mass is 396 g/mol. The molecule has 3 rings (SSSR count). The second-order valence-corrected chi connectivity index (χ2v) is 8.83. The molecule has 22 heavy (non-hydrogen) atoms. The van der Waals surface area contributed by atoms with E-state index in [-0.39, 0.29) is 0 Å². The lowest BCUT2D eigenvalue weighted by molar-refractivity contribution is 0.244. The Hall–Kier alpha value is -0.330. The molecular formula is C17H21BrN2S2. The van der Waals surface area contributed by atoms with Gasteiger partial charge in [0.1, 0.15) is 0 Å². The fourth-order valence-corrected chi connectivity index (χ4v) is 4.94. The maximum atomic E-state index is 3.62. The smallest absolute Gasteiger partial charge is 0.0702 e. The highest BCUT2D eigenvalue weighted by Gasteiger charge is 2.24. The number of thioether (sulfide) groups is 1. The average Bonchev–Trinajstić information content (AvgIpc) is 2.80. The summed E-state index contributed by atoms with van der Waals surface area (Å²) in [7, 11) is 0. The van der Waals surface area contributed by atoms with Gasteiger partial charge in [-0.05, 0) is 65.0 Å². The van der Waals surface area contributed by atoms with Gasteiger partial charge in [-0.15, -0.1) is 23.1 Å². The molecule has 1 saturated heterocycles. The van der Waals surface area contributed by atoms with Crippen molar-refractivity contribution in [3.63, 3.8) is 0 Å². The second-order valence-electron chi connectivity index (χ2n) is 5.46. The lowest BCUT2D eigenvalue weighted by Gasteiger charge is -2.30. The van der Waals surface area contributed by atoms with Crippen LogP contribution in [0.25, 0.3) is 0 Å². The van der Waals surface area contributed by atoms with Crippen LogP contribution in [0.5, 0.6) is 0 Å². The van der Waals surface area contributed by atoms with Gasteiger partial charge in [0.15, 0.2) is 0 Å². The molecule has 0 saturated carbocycles. The summed E-state index contributed by atoms with van der Waals surface area (Å²) in [5, 5.41) is 3.51. The molecule has 1 fully saturated rings. The summed E-state index contributed by atoms with van der Waals surface area (Å²) in [6.45, 7) is 4.45. The summed E-state index contributed by atoms with van der Waals surface area (Å²) in [6, 6.07) is 13.9. The molecule has 1 atom stereocenters. The first-order valence-corrected chi connectivity index (χ1v) is 10.5. The molecule has 0 amide bonds. The van der Waals surface area contributed by atoms with Gasteiger partial charge in [0, 0.05) is 29.4 Å². The maximum Gasteiger partial charge on any atom is 0.0702 e. The Balaban J connectivity index is 1.93. The van der Waals surface area contributed by atoms with Gasteiger partial charge in [0.2, 0.25) is 0 Å². The molecule has 2 nitrogen and oxygen atoms in total. The van der Waals surface area contributed by atoms with Gasteiger partial charge in [0.05, 0.1) is 9.83 Å². The highest BCUT2D eigenvalue weighted by Crippen LogP contribution is 2.36. The minimum atomic E-state index is 0.368. The Morgan fingerprint density at radius 1 is 1.14 bits per heavy atom. The topological polar surface area (TPSA) is 15.3 Å². The molecule has 1 aromatic heterocycles. The van der Waals surface area contributed by atoms with Crippen molar-refractivity contribution in [2.24, 2.45) is 0 Å². The number of nitrogens with one attached hydrogen (secondary N) is 1. The molecule has 1 aliphatic rings. The predicted octanol–water partition coefficient (Wildman–Crippen LogP) is 4.62. The van der Waals surface area contributed by atoms with Gasteiger partial charge in [-0.1, -0.05) is 12.1 Å². The van der Waals surface area contributed by atoms with E-state index in [2.05, 4.69) is 68.8 Å². The number of hydrogen-bond donors (Lipinski definition) is 1. The predicted molar refractivity (Wildman–Crippen MR) is 101 cm³/mol. The summed E-state index contributed by atoms with van der Waals surface area (Å²) < 4.78 is 1.21. The summed E-state index contributed by atoms with van der Waals surface area (Å²) in [5.41, 5.74) is 1.40. The lowest BCUT2D eigenvalue weighted by Crippen LogP contribution is -2.32. The molecule has 0 bridgehead atoms. The van der Waals surface area contributed by atoms with E-state index in [9.17, 15) is 0 Å². The lowest BCUT2D eigenvalue weighted by atomic mass is 10.0. The van der Waals surface area contributed by atoms with Crippen molar-refractivity contribution in [1.29, 1.82) is 0 Å². The number of hydrogen-bond acceptors (Lipinski definition) is 4. The Labute approximate surface area is 149 Å². The van der Waals surface area contributed by atoms with Crippen molar-refractivity contribution in [1.82, 2.24) is 10.2 Å². The van der Waals surface area contributed by atoms with Crippen molar-refractivity contribution < 1.29 is 0 Å². The van der Waals surface area contributed by atoms with E-state index < -0.39 is 0 Å². The van der Waals surface area contributed by atoms with E-state index in [0.717, 1.165) is 26.2 Å². The van der Waals surface area contributed by atoms with Crippen LogP contribution in [0.4, 0.5) is 0 Å². The first kappa shape index (κ1) is 16.5. The van der Waals surface area contributed by atoms with Crippen LogP contribution >= 0.6 is 39.0 Å². The molecule has 1 unspecified atom stereocenters. The van der Waals surface area contributed by atoms with Gasteiger partial charge < -0.3 is 5.32 Å². The number of halogens is 1. The van der Waals surface area contributed by atoms with Gasteiger partial charge in [-0.3, -0.25) is 4.90 Å². The zero-order valence-electron chi connectivity index (χ0n) is 12.7. The van der Waals surface area contributed by atoms with Crippen LogP contribution in [0.15, 0.2) is 45.1 Å². The molecule has 2 heterocycles. The van der Waals surface area contributed by atoms with Crippen molar-refractivity contribution in [2.75, 3.05) is 32.4 Å². The highest BCUT2D eigenvalue weighted by atomic mass is 79.9. The standard InChI is InChI=1S/C17H21BrN2S2/c1-21-14-5-3-13(4-6-14)17(15-7-8-16(18)22-15)20-11-2-9-19-10-12-20/h3-8,17,19H,2,9-12H2,1H3. The Morgan fingerprint density at radius 2 is 1.95 bits per heavy atom. The summed E-state index contributed by atoms with van der Waals surface area (Å²) >= 11 is 7.27. The summed E-state index contributed by atoms with van der Waals surface area (Å²) in [5.74, 6) is 0. The van der Waals surface area contributed by atoms with Crippen molar-refractivity contribution in [2.45, 2.75) is 17.4 Å². The first-order chi connectivity index (χ1) is 10.8. The molecular weight excluding hydrogens is 376 g/mol. The van der Waals surface area contributed by atoms with Crippen LogP contribution in [0.2, 0.25) is 0 Å². The van der Waals surface area contributed by atoms with E-state index >= 15 is 0 Å². The van der Waals surface area contributed by atoms with Crippen molar-refractivity contribution in [3.05, 3.63) is 50.6 Å². The average molecular weight is 397 g/mol. The molecule has 2 aromatic rings. The van der Waals surface area contributed by atoms with Crippen molar-refractivity contribution in [3.8, 4) is 0 Å². The zero-order chi connectivity index (χ0) is 15.4. The van der Waals surface area contributed by atoms with E-state index in [1.54, 1.807) is 11.8 Å². The van der Waals surface area contributed by atoms with Gasteiger partial charge in [-0.2, -0.15) is 0 Å². The molecule has 5 heteroatoms. The third-order valence-electron chi connectivity index (χ3n) is 4.03. The largest absolute Gasteiger partial charge is 0.315 e. The number of thiophene rings is 1. The van der Waals surface area contributed by atoms with Crippen LogP contribution in [-0.4, -0.2) is 37.3 Å². The number of rotatable bonds is 4. The van der Waals surface area contributed by atoms with Crippen molar-refractivity contribution >= 4 is 39.0 Å². The fraction of sp³-hybridized carbons (Fsp3) is 0.412. The normalized spacial score (nSPS) is 18.1. The molecule has 0 aliphatic carbocycles. The van der Waals surface area contributed by atoms with E-state index in [0.29, 0.717) is 6.04 Å². The van der Waals surface area contributed by atoms with Crippen LogP contribution in [0, 0.1) is 0 Å². The number of nitrogens with zero attached hydrogens (tertiary/aromatic N) is 1. The first-order valence-electron chi connectivity index (χ1n) is 7.62. The molecule has 0 spiro atoms. The highest BCUT2D eigenvalue weighted by molar-refractivity contribution is 9.11. The zero-order valence-corrected chi connectivity index (χ0v) is 15.9. The quantitative estimate of drug-likeness (QED) is 0.758. The SMILES string of the molecule is CSc1ccc(C(c2ccc(Br)s2)N2CCCNCC2)cc1. The molecule has 1 aliphatic heterocycles. The summed E-state index contributed by atoms with van der Waals surface area (Å²) in [4.78, 5) is 5.37. The van der Waals surface area contributed by atoms with Crippen LogP contribution in [0.3, 0.4) is 0 Å². The van der Waals surface area contributed by atoms with Crippen LogP contribution in [-0.2, 0) is 0 Å². The minimum Gasteiger partial charge on any atom is -0.315 e. The van der Waals surface area contributed by atoms with E-state index in [1.165, 1.54) is 25.5 Å². The van der Waals surface area contributed by atoms with Gasteiger partial charge >= 0.3 is 0 Å².